The summed E-state index contributed by atoms with van der Waals surface area (Å²) in [5.74, 6) is -0.0510. The van der Waals surface area contributed by atoms with Crippen molar-refractivity contribution in [2.24, 2.45) is 11.8 Å². The van der Waals surface area contributed by atoms with E-state index < -0.39 is 0 Å². The highest BCUT2D eigenvalue weighted by atomic mass is 16.5. The van der Waals surface area contributed by atoms with Crippen LogP contribution >= 0.6 is 0 Å². The van der Waals surface area contributed by atoms with Gasteiger partial charge in [-0.25, -0.2) is 0 Å². The van der Waals surface area contributed by atoms with Gasteiger partial charge in [0, 0.05) is 0 Å². The van der Waals surface area contributed by atoms with Crippen LogP contribution in [-0.2, 0) is 9.53 Å². The molecule has 1 aliphatic carbocycles. The molecule has 0 saturated heterocycles. The SMILES string of the molecule is CC[C@@H](O)[C@@H]1C[C@H]1C(=O)OC. The molecule has 0 bridgehead atoms. The van der Waals surface area contributed by atoms with Crippen molar-refractivity contribution < 1.29 is 14.6 Å². The summed E-state index contributed by atoms with van der Waals surface area (Å²) in [5, 5.41) is 9.30. The summed E-state index contributed by atoms with van der Waals surface area (Å²) in [6.07, 6.45) is 1.19. The van der Waals surface area contributed by atoms with Crippen molar-refractivity contribution in [3.8, 4) is 0 Å². The molecule has 0 spiro atoms. The van der Waals surface area contributed by atoms with Crippen LogP contribution in [0.25, 0.3) is 0 Å². The summed E-state index contributed by atoms with van der Waals surface area (Å²) >= 11 is 0. The number of aliphatic hydroxyl groups is 1. The van der Waals surface area contributed by atoms with Gasteiger partial charge in [-0.2, -0.15) is 0 Å². The largest absolute Gasteiger partial charge is 0.469 e. The van der Waals surface area contributed by atoms with Gasteiger partial charge >= 0.3 is 5.97 Å². The van der Waals surface area contributed by atoms with Crippen molar-refractivity contribution in [2.45, 2.75) is 25.9 Å². The van der Waals surface area contributed by atoms with Crippen LogP contribution in [0.2, 0.25) is 0 Å². The monoisotopic (exact) mass is 158 g/mol. The molecule has 0 unspecified atom stereocenters. The summed E-state index contributed by atoms with van der Waals surface area (Å²) in [6, 6.07) is 0. The molecular formula is C8H14O3. The molecule has 0 radical (unpaired) electrons. The molecule has 0 aromatic heterocycles. The molecule has 3 atom stereocenters. The third-order valence-electron chi connectivity index (χ3n) is 2.26. The van der Waals surface area contributed by atoms with Gasteiger partial charge in [-0.15, -0.1) is 0 Å². The van der Waals surface area contributed by atoms with Crippen molar-refractivity contribution in [3.05, 3.63) is 0 Å². The van der Waals surface area contributed by atoms with Gasteiger partial charge in [0.15, 0.2) is 0 Å². The molecule has 1 fully saturated rings. The molecular weight excluding hydrogens is 144 g/mol. The van der Waals surface area contributed by atoms with Crippen molar-refractivity contribution in [1.29, 1.82) is 0 Å². The third kappa shape index (κ3) is 1.71. The minimum atomic E-state index is -0.320. The van der Waals surface area contributed by atoms with Crippen LogP contribution in [-0.4, -0.2) is 24.3 Å². The van der Waals surface area contributed by atoms with Gasteiger partial charge in [-0.3, -0.25) is 4.79 Å². The van der Waals surface area contributed by atoms with Gasteiger partial charge in [0.25, 0.3) is 0 Å². The standard InChI is InChI=1S/C8H14O3/c1-3-7(9)5-4-6(5)8(10)11-2/h5-7,9H,3-4H2,1-2H3/t5-,6-,7-/m1/s1. The Labute approximate surface area is 66.4 Å². The highest BCUT2D eigenvalue weighted by Gasteiger charge is 2.47. The summed E-state index contributed by atoms with van der Waals surface area (Å²) in [7, 11) is 1.38. The van der Waals surface area contributed by atoms with E-state index in [-0.39, 0.29) is 23.9 Å². The molecule has 0 aliphatic heterocycles. The molecule has 1 saturated carbocycles. The maximum absolute atomic E-state index is 10.9. The van der Waals surface area contributed by atoms with Crippen LogP contribution in [0, 0.1) is 11.8 Å². The lowest BCUT2D eigenvalue weighted by molar-refractivity contribution is -0.142. The van der Waals surface area contributed by atoms with Crippen LogP contribution in [0.5, 0.6) is 0 Å². The average molecular weight is 158 g/mol. The Hall–Kier alpha value is -0.570. The number of carbonyl (C=O) groups is 1. The number of hydrogen-bond acceptors (Lipinski definition) is 3. The van der Waals surface area contributed by atoms with E-state index in [1.54, 1.807) is 0 Å². The van der Waals surface area contributed by atoms with E-state index in [0.717, 1.165) is 12.8 Å². The van der Waals surface area contributed by atoms with Crippen LogP contribution in [0.4, 0.5) is 0 Å². The Kier molecular flexibility index (Phi) is 2.49. The first-order valence-electron chi connectivity index (χ1n) is 3.96. The highest BCUT2D eigenvalue weighted by Crippen LogP contribution is 2.42. The quantitative estimate of drug-likeness (QED) is 0.611. The second kappa shape index (κ2) is 3.22. The zero-order chi connectivity index (χ0) is 8.43. The van der Waals surface area contributed by atoms with Gasteiger partial charge in [-0.05, 0) is 18.8 Å². The molecule has 1 rings (SSSR count). The number of ether oxygens (including phenoxy) is 1. The minimum absolute atomic E-state index is 0.0325. The molecule has 0 aromatic rings. The minimum Gasteiger partial charge on any atom is -0.469 e. The molecule has 11 heavy (non-hydrogen) atoms. The fourth-order valence-corrected chi connectivity index (χ4v) is 1.37. The molecule has 3 nitrogen and oxygen atoms in total. The van der Waals surface area contributed by atoms with Crippen LogP contribution in [0.1, 0.15) is 19.8 Å². The number of rotatable bonds is 3. The van der Waals surface area contributed by atoms with Crippen molar-refractivity contribution in [1.82, 2.24) is 0 Å². The molecule has 64 valence electrons. The molecule has 1 N–H and O–H groups in total. The van der Waals surface area contributed by atoms with Crippen LogP contribution in [0.15, 0.2) is 0 Å². The van der Waals surface area contributed by atoms with Gasteiger partial charge in [-0.1, -0.05) is 6.92 Å². The van der Waals surface area contributed by atoms with E-state index in [1.807, 2.05) is 6.92 Å². The maximum atomic E-state index is 10.9. The van der Waals surface area contributed by atoms with Crippen LogP contribution < -0.4 is 0 Å². The predicted molar refractivity (Wildman–Crippen MR) is 39.9 cm³/mol. The fraction of sp³-hybridized carbons (Fsp3) is 0.875. The normalized spacial score (nSPS) is 31.2. The number of hydrogen-bond donors (Lipinski definition) is 1. The van der Waals surface area contributed by atoms with E-state index in [1.165, 1.54) is 7.11 Å². The number of esters is 1. The zero-order valence-corrected chi connectivity index (χ0v) is 6.91. The van der Waals surface area contributed by atoms with Crippen molar-refractivity contribution >= 4 is 5.97 Å². The Morgan fingerprint density at radius 2 is 2.45 bits per heavy atom. The summed E-state index contributed by atoms with van der Waals surface area (Å²) in [5.41, 5.74) is 0. The summed E-state index contributed by atoms with van der Waals surface area (Å²) < 4.78 is 4.55. The lowest BCUT2D eigenvalue weighted by Crippen LogP contribution is -2.13. The van der Waals surface area contributed by atoms with Crippen molar-refractivity contribution in [2.75, 3.05) is 7.11 Å². The Morgan fingerprint density at radius 1 is 1.82 bits per heavy atom. The molecule has 3 heteroatoms. The molecule has 1 aliphatic rings. The topological polar surface area (TPSA) is 46.5 Å². The van der Waals surface area contributed by atoms with Crippen molar-refractivity contribution in [3.63, 3.8) is 0 Å². The second-order valence-corrected chi connectivity index (χ2v) is 3.00. The van der Waals surface area contributed by atoms with Gasteiger partial charge in [0.05, 0.1) is 19.1 Å². The van der Waals surface area contributed by atoms with E-state index in [4.69, 9.17) is 0 Å². The van der Waals surface area contributed by atoms with Gasteiger partial charge < -0.3 is 9.84 Å². The van der Waals surface area contributed by atoms with Crippen LogP contribution in [0.3, 0.4) is 0 Å². The van der Waals surface area contributed by atoms with E-state index in [9.17, 15) is 9.90 Å². The average Bonchev–Trinajstić information content (AvgIpc) is 2.80. The lowest BCUT2D eigenvalue weighted by Gasteiger charge is -2.04. The Morgan fingerprint density at radius 3 is 2.91 bits per heavy atom. The predicted octanol–water partition coefficient (Wildman–Crippen LogP) is 0.566. The zero-order valence-electron chi connectivity index (χ0n) is 6.91. The lowest BCUT2D eigenvalue weighted by atomic mass is 10.1. The van der Waals surface area contributed by atoms with Gasteiger partial charge in [0.2, 0.25) is 0 Å². The highest BCUT2D eigenvalue weighted by molar-refractivity contribution is 5.75. The van der Waals surface area contributed by atoms with Gasteiger partial charge in [0.1, 0.15) is 0 Å². The number of carbonyl (C=O) groups excluding carboxylic acids is 1. The third-order valence-corrected chi connectivity index (χ3v) is 2.26. The van der Waals surface area contributed by atoms with E-state index in [2.05, 4.69) is 4.74 Å². The molecule has 0 aromatic carbocycles. The molecule has 0 heterocycles. The Balaban J connectivity index is 2.31. The smallest absolute Gasteiger partial charge is 0.309 e. The van der Waals surface area contributed by atoms with E-state index >= 15 is 0 Å². The van der Waals surface area contributed by atoms with E-state index in [0.29, 0.717) is 0 Å². The Bertz CT molecular complexity index is 155. The first-order valence-corrected chi connectivity index (χ1v) is 3.96. The first kappa shape index (κ1) is 8.53. The fourth-order valence-electron chi connectivity index (χ4n) is 1.37. The first-order chi connectivity index (χ1) is 5.20. The number of methoxy groups -OCH3 is 1. The second-order valence-electron chi connectivity index (χ2n) is 3.00. The summed E-state index contributed by atoms with van der Waals surface area (Å²) in [4.78, 5) is 10.9. The summed E-state index contributed by atoms with van der Waals surface area (Å²) in [6.45, 7) is 1.91. The number of aliphatic hydroxyl groups excluding tert-OH is 1. The maximum Gasteiger partial charge on any atom is 0.309 e. The molecule has 0 amide bonds.